The van der Waals surface area contributed by atoms with Gasteiger partial charge < -0.3 is 15.3 Å². The predicted molar refractivity (Wildman–Crippen MR) is 109 cm³/mol. The van der Waals surface area contributed by atoms with Gasteiger partial charge in [0.2, 0.25) is 0 Å². The summed E-state index contributed by atoms with van der Waals surface area (Å²) < 4.78 is 0. The zero-order chi connectivity index (χ0) is 19.2. The smallest absolute Gasteiger partial charge is 0.111 e. The molecule has 0 aromatic rings. The standard InChI is InChI=1S/C22H43NO3/c1-3-5-7-9-11-13-17-23(18-14-12-10-8-6-4-2)19-15-16-20(24)22(26)21(19)25/h15-16,19-22,24-26H,3-14,17-18H2,1-2H3. The van der Waals surface area contributed by atoms with Crippen LogP contribution in [0.25, 0.3) is 0 Å². The predicted octanol–water partition coefficient (Wildman–Crippen LogP) is 4.03. The molecule has 154 valence electrons. The van der Waals surface area contributed by atoms with Gasteiger partial charge in [-0.1, -0.05) is 90.2 Å². The van der Waals surface area contributed by atoms with Crippen molar-refractivity contribution >= 4 is 0 Å². The van der Waals surface area contributed by atoms with Crippen molar-refractivity contribution in [3.8, 4) is 0 Å². The first-order valence-electron chi connectivity index (χ1n) is 11.1. The van der Waals surface area contributed by atoms with Gasteiger partial charge in [0, 0.05) is 0 Å². The molecule has 0 bridgehead atoms. The highest BCUT2D eigenvalue weighted by Crippen LogP contribution is 2.20. The van der Waals surface area contributed by atoms with Crippen molar-refractivity contribution in [2.75, 3.05) is 13.1 Å². The lowest BCUT2D eigenvalue weighted by atomic mass is 9.92. The SMILES string of the molecule is CCCCCCCCN(CCCCCCCC)C1C=CC(O)C(O)C1O. The Balaban J connectivity index is 2.45. The van der Waals surface area contributed by atoms with E-state index in [0.29, 0.717) is 0 Å². The third-order valence-corrected chi connectivity index (χ3v) is 5.57. The first kappa shape index (κ1) is 23.6. The minimum Gasteiger partial charge on any atom is -0.388 e. The highest BCUT2D eigenvalue weighted by atomic mass is 16.4. The van der Waals surface area contributed by atoms with Crippen LogP contribution in [-0.4, -0.2) is 57.7 Å². The van der Waals surface area contributed by atoms with E-state index in [-0.39, 0.29) is 6.04 Å². The summed E-state index contributed by atoms with van der Waals surface area (Å²) in [6, 6.07) is -0.181. The molecule has 4 nitrogen and oxygen atoms in total. The molecule has 0 saturated carbocycles. The maximum Gasteiger partial charge on any atom is 0.111 e. The Morgan fingerprint density at radius 2 is 1.08 bits per heavy atom. The zero-order valence-electron chi connectivity index (χ0n) is 17.2. The Labute approximate surface area is 161 Å². The molecule has 0 aliphatic heterocycles. The average Bonchev–Trinajstić information content (AvgIpc) is 2.64. The Bertz CT molecular complexity index is 345. The van der Waals surface area contributed by atoms with Gasteiger partial charge >= 0.3 is 0 Å². The van der Waals surface area contributed by atoms with Gasteiger partial charge in [0.25, 0.3) is 0 Å². The Morgan fingerprint density at radius 3 is 1.58 bits per heavy atom. The van der Waals surface area contributed by atoms with E-state index in [1.165, 1.54) is 64.2 Å². The minimum atomic E-state index is -1.08. The van der Waals surface area contributed by atoms with Crippen LogP contribution in [0, 0.1) is 0 Å². The van der Waals surface area contributed by atoms with Gasteiger partial charge in [-0.05, 0) is 25.9 Å². The molecule has 0 spiro atoms. The van der Waals surface area contributed by atoms with Crippen LogP contribution in [0.1, 0.15) is 90.9 Å². The summed E-state index contributed by atoms with van der Waals surface area (Å²) >= 11 is 0. The van der Waals surface area contributed by atoms with E-state index >= 15 is 0 Å². The van der Waals surface area contributed by atoms with Crippen LogP contribution in [0.5, 0.6) is 0 Å². The molecule has 4 unspecified atom stereocenters. The number of unbranched alkanes of at least 4 members (excludes halogenated alkanes) is 10. The second kappa shape index (κ2) is 14.6. The summed E-state index contributed by atoms with van der Waals surface area (Å²) in [5.74, 6) is 0. The molecule has 0 amide bonds. The highest BCUT2D eigenvalue weighted by molar-refractivity contribution is 5.11. The summed E-state index contributed by atoms with van der Waals surface area (Å²) in [6.07, 6.45) is 15.6. The fourth-order valence-corrected chi connectivity index (χ4v) is 3.80. The van der Waals surface area contributed by atoms with Crippen LogP contribution in [0.2, 0.25) is 0 Å². The molecule has 26 heavy (non-hydrogen) atoms. The molecule has 0 aromatic carbocycles. The van der Waals surface area contributed by atoms with Crippen LogP contribution in [-0.2, 0) is 0 Å². The van der Waals surface area contributed by atoms with Gasteiger partial charge in [-0.2, -0.15) is 0 Å². The summed E-state index contributed by atoms with van der Waals surface area (Å²) in [7, 11) is 0. The Kier molecular flexibility index (Phi) is 13.3. The maximum atomic E-state index is 10.4. The summed E-state index contributed by atoms with van der Waals surface area (Å²) in [6.45, 7) is 6.38. The van der Waals surface area contributed by atoms with Crippen molar-refractivity contribution in [1.29, 1.82) is 0 Å². The topological polar surface area (TPSA) is 63.9 Å². The molecule has 3 N–H and O–H groups in total. The molecular weight excluding hydrogens is 326 g/mol. The molecule has 0 fully saturated rings. The monoisotopic (exact) mass is 369 g/mol. The average molecular weight is 370 g/mol. The first-order chi connectivity index (χ1) is 12.6. The minimum absolute atomic E-state index is 0.181. The second-order valence-corrected chi connectivity index (χ2v) is 7.92. The molecule has 4 atom stereocenters. The lowest BCUT2D eigenvalue weighted by Crippen LogP contribution is -2.53. The number of hydrogen-bond acceptors (Lipinski definition) is 4. The number of rotatable bonds is 15. The summed E-state index contributed by atoms with van der Waals surface area (Å²) in [5.41, 5.74) is 0. The lowest BCUT2D eigenvalue weighted by molar-refractivity contribution is -0.0763. The Morgan fingerprint density at radius 1 is 0.615 bits per heavy atom. The highest BCUT2D eigenvalue weighted by Gasteiger charge is 2.35. The molecule has 0 saturated heterocycles. The van der Waals surface area contributed by atoms with Gasteiger partial charge in [-0.15, -0.1) is 0 Å². The lowest BCUT2D eigenvalue weighted by Gasteiger charge is -2.38. The van der Waals surface area contributed by atoms with E-state index < -0.39 is 18.3 Å². The fourth-order valence-electron chi connectivity index (χ4n) is 3.80. The van der Waals surface area contributed by atoms with Crippen molar-refractivity contribution in [1.82, 2.24) is 4.90 Å². The Hall–Kier alpha value is -0.420. The van der Waals surface area contributed by atoms with Crippen molar-refractivity contribution in [3.05, 3.63) is 12.2 Å². The van der Waals surface area contributed by atoms with Gasteiger partial charge in [0.05, 0.1) is 6.04 Å². The molecule has 1 aliphatic carbocycles. The molecular formula is C22H43NO3. The van der Waals surface area contributed by atoms with Crippen LogP contribution in [0.4, 0.5) is 0 Å². The summed E-state index contributed by atoms with van der Waals surface area (Å²) in [4.78, 5) is 2.32. The van der Waals surface area contributed by atoms with E-state index in [9.17, 15) is 15.3 Å². The van der Waals surface area contributed by atoms with Crippen molar-refractivity contribution in [2.45, 2.75) is 115 Å². The molecule has 0 radical (unpaired) electrons. The van der Waals surface area contributed by atoms with E-state index in [4.69, 9.17) is 0 Å². The van der Waals surface area contributed by atoms with E-state index in [0.717, 1.165) is 25.9 Å². The quantitative estimate of drug-likeness (QED) is 0.301. The fraction of sp³-hybridized carbons (Fsp3) is 0.909. The molecule has 1 rings (SSSR count). The maximum absolute atomic E-state index is 10.4. The first-order valence-corrected chi connectivity index (χ1v) is 11.1. The van der Waals surface area contributed by atoms with Crippen LogP contribution in [0.3, 0.4) is 0 Å². The number of nitrogens with zero attached hydrogens (tertiary/aromatic N) is 1. The zero-order valence-corrected chi connectivity index (χ0v) is 17.2. The van der Waals surface area contributed by atoms with Crippen molar-refractivity contribution in [3.63, 3.8) is 0 Å². The van der Waals surface area contributed by atoms with Crippen LogP contribution >= 0.6 is 0 Å². The van der Waals surface area contributed by atoms with Crippen molar-refractivity contribution in [2.24, 2.45) is 0 Å². The third kappa shape index (κ3) is 8.98. The molecule has 1 aliphatic rings. The van der Waals surface area contributed by atoms with E-state index in [2.05, 4.69) is 18.7 Å². The van der Waals surface area contributed by atoms with Crippen LogP contribution < -0.4 is 0 Å². The van der Waals surface area contributed by atoms with E-state index in [1.54, 1.807) is 6.08 Å². The second-order valence-electron chi connectivity index (χ2n) is 7.92. The number of hydrogen-bond donors (Lipinski definition) is 3. The normalized spacial score (nSPS) is 25.9. The third-order valence-electron chi connectivity index (χ3n) is 5.57. The van der Waals surface area contributed by atoms with Gasteiger partial charge in [0.1, 0.15) is 18.3 Å². The van der Waals surface area contributed by atoms with E-state index in [1.807, 2.05) is 6.08 Å². The van der Waals surface area contributed by atoms with Gasteiger partial charge in [-0.25, -0.2) is 0 Å². The molecule has 0 aromatic heterocycles. The number of aliphatic hydroxyl groups is 3. The van der Waals surface area contributed by atoms with Crippen LogP contribution in [0.15, 0.2) is 12.2 Å². The number of aliphatic hydroxyl groups excluding tert-OH is 3. The van der Waals surface area contributed by atoms with Crippen molar-refractivity contribution < 1.29 is 15.3 Å². The van der Waals surface area contributed by atoms with Gasteiger partial charge in [0.15, 0.2) is 0 Å². The molecule has 0 heterocycles. The molecule has 4 heteroatoms. The largest absolute Gasteiger partial charge is 0.388 e. The summed E-state index contributed by atoms with van der Waals surface area (Å²) in [5, 5.41) is 30.2. The van der Waals surface area contributed by atoms with Gasteiger partial charge in [-0.3, -0.25) is 4.90 Å².